The molecule has 2 aromatic carbocycles. The van der Waals surface area contributed by atoms with E-state index in [4.69, 9.17) is 11.6 Å². The minimum Gasteiger partial charge on any atom is -0.352 e. The van der Waals surface area contributed by atoms with Crippen LogP contribution in [0, 0.1) is 5.82 Å². The van der Waals surface area contributed by atoms with Crippen molar-refractivity contribution >= 4 is 23.4 Å². The first-order valence-electron chi connectivity index (χ1n) is 9.40. The third kappa shape index (κ3) is 5.80. The highest BCUT2D eigenvalue weighted by molar-refractivity contribution is 6.31. The zero-order valence-electron chi connectivity index (χ0n) is 16.4. The van der Waals surface area contributed by atoms with Crippen LogP contribution in [0.25, 0.3) is 0 Å². The topological polar surface area (TPSA) is 49.4 Å². The maximum absolute atomic E-state index is 14.0. The number of halogens is 2. The maximum Gasteiger partial charge on any atom is 0.242 e. The fourth-order valence-electron chi connectivity index (χ4n) is 2.76. The van der Waals surface area contributed by atoms with Crippen molar-refractivity contribution in [3.05, 3.63) is 70.5 Å². The number of benzene rings is 2. The molecule has 6 heteroatoms. The van der Waals surface area contributed by atoms with Crippen LogP contribution < -0.4 is 5.32 Å². The molecule has 2 rings (SSSR count). The van der Waals surface area contributed by atoms with Gasteiger partial charge in [0, 0.05) is 17.6 Å². The molecule has 150 valence electrons. The van der Waals surface area contributed by atoms with Gasteiger partial charge in [0.15, 0.2) is 0 Å². The Balaban J connectivity index is 2.26. The molecule has 0 saturated heterocycles. The first-order chi connectivity index (χ1) is 13.3. The minimum absolute atomic E-state index is 0.00113. The monoisotopic (exact) mass is 404 g/mol. The van der Waals surface area contributed by atoms with Gasteiger partial charge in [-0.3, -0.25) is 9.59 Å². The molecule has 2 amide bonds. The molecule has 2 aromatic rings. The summed E-state index contributed by atoms with van der Waals surface area (Å²) < 4.78 is 14.0. The Bertz CT molecular complexity index is 828. The van der Waals surface area contributed by atoms with E-state index in [0.717, 1.165) is 12.0 Å². The van der Waals surface area contributed by atoms with Gasteiger partial charge in [0.25, 0.3) is 0 Å². The summed E-state index contributed by atoms with van der Waals surface area (Å²) in [6.45, 7) is 5.72. The lowest BCUT2D eigenvalue weighted by molar-refractivity contribution is -0.140. The molecule has 28 heavy (non-hydrogen) atoms. The molecule has 0 radical (unpaired) electrons. The van der Waals surface area contributed by atoms with Crippen LogP contribution in [0.3, 0.4) is 0 Å². The second kappa shape index (κ2) is 10.2. The zero-order chi connectivity index (χ0) is 20.7. The maximum atomic E-state index is 14.0. The number of nitrogens with zero attached hydrogens (tertiary/aromatic N) is 1. The second-order valence-electron chi connectivity index (χ2n) is 6.88. The first-order valence-corrected chi connectivity index (χ1v) is 9.77. The lowest BCUT2D eigenvalue weighted by atomic mass is 10.1. The third-order valence-corrected chi connectivity index (χ3v) is 5.14. The van der Waals surface area contributed by atoms with Crippen molar-refractivity contribution in [1.29, 1.82) is 0 Å². The molecule has 0 aromatic heterocycles. The zero-order valence-corrected chi connectivity index (χ0v) is 17.2. The predicted molar refractivity (Wildman–Crippen MR) is 109 cm³/mol. The van der Waals surface area contributed by atoms with Crippen LogP contribution in [0.5, 0.6) is 0 Å². The summed E-state index contributed by atoms with van der Waals surface area (Å²) in [5.41, 5.74) is 1.03. The number of amides is 2. The fraction of sp³-hybridized carbons (Fsp3) is 0.364. The van der Waals surface area contributed by atoms with Gasteiger partial charge in [-0.1, -0.05) is 54.9 Å². The van der Waals surface area contributed by atoms with Crippen LogP contribution in [0.15, 0.2) is 48.5 Å². The average molecular weight is 405 g/mol. The Labute approximate surface area is 170 Å². The SMILES string of the molecule is CC[C@H](C)NC(=O)[C@@H](C)N(Cc1ccccc1Cl)C(=O)Cc1ccccc1F. The van der Waals surface area contributed by atoms with Crippen molar-refractivity contribution in [3.8, 4) is 0 Å². The molecule has 0 aliphatic rings. The molecule has 2 atom stereocenters. The molecule has 0 aliphatic carbocycles. The molecule has 0 spiro atoms. The van der Waals surface area contributed by atoms with Crippen LogP contribution in [0.1, 0.15) is 38.3 Å². The summed E-state index contributed by atoms with van der Waals surface area (Å²) in [6.07, 6.45) is 0.657. The lowest BCUT2D eigenvalue weighted by Gasteiger charge is -2.30. The van der Waals surface area contributed by atoms with Gasteiger partial charge in [0.05, 0.1) is 6.42 Å². The van der Waals surface area contributed by atoms with Crippen LogP contribution in [0.4, 0.5) is 4.39 Å². The smallest absolute Gasteiger partial charge is 0.242 e. The molecular formula is C22H26ClFN2O2. The summed E-state index contributed by atoms with van der Waals surface area (Å²) in [6, 6.07) is 12.6. The summed E-state index contributed by atoms with van der Waals surface area (Å²) in [5, 5.41) is 3.41. The van der Waals surface area contributed by atoms with E-state index >= 15 is 0 Å². The average Bonchev–Trinajstić information content (AvgIpc) is 2.68. The summed E-state index contributed by atoms with van der Waals surface area (Å²) in [7, 11) is 0. The number of hydrogen-bond acceptors (Lipinski definition) is 2. The Morgan fingerprint density at radius 2 is 1.68 bits per heavy atom. The molecule has 4 nitrogen and oxygen atoms in total. The third-order valence-electron chi connectivity index (χ3n) is 4.77. The van der Waals surface area contributed by atoms with Gasteiger partial charge in [0.2, 0.25) is 11.8 Å². The highest BCUT2D eigenvalue weighted by atomic mass is 35.5. The van der Waals surface area contributed by atoms with Crippen molar-refractivity contribution in [2.45, 2.75) is 52.2 Å². The molecule has 0 aliphatic heterocycles. The van der Waals surface area contributed by atoms with Gasteiger partial charge in [-0.15, -0.1) is 0 Å². The number of nitrogens with one attached hydrogen (secondary N) is 1. The summed E-state index contributed by atoms with van der Waals surface area (Å²) in [4.78, 5) is 27.1. The fourth-order valence-corrected chi connectivity index (χ4v) is 2.96. The standard InChI is InChI=1S/C22H26ClFN2O2/c1-4-15(2)25-22(28)16(3)26(14-18-10-5-7-11-19(18)23)21(27)13-17-9-6-8-12-20(17)24/h5-12,15-16H,4,13-14H2,1-3H3,(H,25,28)/t15-,16+/m0/s1. The minimum atomic E-state index is -0.718. The van der Waals surface area contributed by atoms with Crippen LogP contribution in [-0.4, -0.2) is 28.8 Å². The Kier molecular flexibility index (Phi) is 8.00. The van der Waals surface area contributed by atoms with E-state index in [2.05, 4.69) is 5.32 Å². The van der Waals surface area contributed by atoms with Crippen molar-refractivity contribution in [2.75, 3.05) is 0 Å². The number of carbonyl (C=O) groups is 2. The van der Waals surface area contributed by atoms with Crippen LogP contribution >= 0.6 is 11.6 Å². The Morgan fingerprint density at radius 3 is 2.29 bits per heavy atom. The van der Waals surface area contributed by atoms with E-state index in [9.17, 15) is 14.0 Å². The van der Waals surface area contributed by atoms with Crippen molar-refractivity contribution in [2.24, 2.45) is 0 Å². The van der Waals surface area contributed by atoms with E-state index in [1.165, 1.54) is 11.0 Å². The van der Waals surface area contributed by atoms with Crippen LogP contribution in [0.2, 0.25) is 5.02 Å². The Hall–Kier alpha value is -2.40. The van der Waals surface area contributed by atoms with Gasteiger partial charge in [-0.25, -0.2) is 4.39 Å². The number of rotatable bonds is 8. The largest absolute Gasteiger partial charge is 0.352 e. The lowest BCUT2D eigenvalue weighted by Crippen LogP contribution is -2.50. The van der Waals surface area contributed by atoms with Gasteiger partial charge in [0.1, 0.15) is 11.9 Å². The highest BCUT2D eigenvalue weighted by Crippen LogP contribution is 2.20. The molecule has 0 bridgehead atoms. The summed E-state index contributed by atoms with van der Waals surface area (Å²) in [5.74, 6) is -1.02. The highest BCUT2D eigenvalue weighted by Gasteiger charge is 2.27. The normalized spacial score (nSPS) is 12.9. The van der Waals surface area contributed by atoms with Gasteiger partial charge < -0.3 is 10.2 Å². The first kappa shape index (κ1) is 21.9. The second-order valence-corrected chi connectivity index (χ2v) is 7.28. The van der Waals surface area contributed by atoms with Gasteiger partial charge in [-0.05, 0) is 43.5 Å². The predicted octanol–water partition coefficient (Wildman–Crippen LogP) is 4.35. The van der Waals surface area contributed by atoms with Crippen molar-refractivity contribution < 1.29 is 14.0 Å². The van der Waals surface area contributed by atoms with Crippen molar-refractivity contribution in [1.82, 2.24) is 10.2 Å². The molecule has 0 fully saturated rings. The van der Waals surface area contributed by atoms with E-state index in [0.29, 0.717) is 10.6 Å². The van der Waals surface area contributed by atoms with E-state index in [-0.39, 0.29) is 30.8 Å². The Morgan fingerprint density at radius 1 is 1.07 bits per heavy atom. The van der Waals surface area contributed by atoms with Crippen molar-refractivity contribution in [3.63, 3.8) is 0 Å². The van der Waals surface area contributed by atoms with Gasteiger partial charge in [-0.2, -0.15) is 0 Å². The van der Waals surface area contributed by atoms with Gasteiger partial charge >= 0.3 is 0 Å². The molecule has 0 heterocycles. The molecular weight excluding hydrogens is 379 g/mol. The van der Waals surface area contributed by atoms with E-state index in [1.54, 1.807) is 37.3 Å². The van der Waals surface area contributed by atoms with Crippen LogP contribution in [-0.2, 0) is 22.6 Å². The quantitative estimate of drug-likeness (QED) is 0.710. The van der Waals surface area contributed by atoms with E-state index < -0.39 is 11.9 Å². The number of carbonyl (C=O) groups excluding carboxylic acids is 2. The molecule has 0 saturated carbocycles. The number of hydrogen-bond donors (Lipinski definition) is 1. The molecule has 0 unspecified atom stereocenters. The summed E-state index contributed by atoms with van der Waals surface area (Å²) >= 11 is 6.25. The molecule has 1 N–H and O–H groups in total. The van der Waals surface area contributed by atoms with E-state index in [1.807, 2.05) is 26.0 Å².